The number of rotatable bonds is 3. The molecule has 1 fully saturated rings. The van der Waals surface area contributed by atoms with Gasteiger partial charge in [0.25, 0.3) is 5.91 Å². The van der Waals surface area contributed by atoms with E-state index in [9.17, 15) is 10.1 Å². The van der Waals surface area contributed by atoms with Gasteiger partial charge >= 0.3 is 0 Å². The quantitative estimate of drug-likeness (QED) is 0.910. The first kappa shape index (κ1) is 13.8. The molecule has 1 aromatic rings. The van der Waals surface area contributed by atoms with Crippen LogP contribution in [0.25, 0.3) is 0 Å². The Kier molecular flexibility index (Phi) is 4.08. The molecule has 1 aliphatic rings. The SMILES string of the molecule is COc1csc(C(=O)NC2(C#N)CCN(C)CC2)c1. The molecule has 0 spiro atoms. The average molecular weight is 279 g/mol. The Morgan fingerprint density at radius 3 is 2.79 bits per heavy atom. The highest BCUT2D eigenvalue weighted by molar-refractivity contribution is 7.12. The number of nitriles is 1. The Morgan fingerprint density at radius 2 is 2.26 bits per heavy atom. The predicted molar refractivity (Wildman–Crippen MR) is 73.4 cm³/mol. The third-order valence-corrected chi connectivity index (χ3v) is 4.35. The Hall–Kier alpha value is -1.58. The minimum absolute atomic E-state index is 0.195. The summed E-state index contributed by atoms with van der Waals surface area (Å²) in [4.78, 5) is 14.9. The number of nitrogens with zero attached hydrogens (tertiary/aromatic N) is 2. The molecule has 0 unspecified atom stereocenters. The molecule has 5 nitrogen and oxygen atoms in total. The number of piperidine rings is 1. The van der Waals surface area contributed by atoms with Gasteiger partial charge in [0.15, 0.2) is 0 Å². The van der Waals surface area contributed by atoms with Crippen molar-refractivity contribution in [1.82, 2.24) is 10.2 Å². The standard InChI is InChI=1S/C13H17N3O2S/c1-16-5-3-13(9-14,4-6-16)15-12(17)11-7-10(18-2)8-19-11/h7-8H,3-6H2,1-2H3,(H,15,17). The molecule has 1 aromatic heterocycles. The van der Waals surface area contributed by atoms with Crippen LogP contribution in [0, 0.1) is 11.3 Å². The maximum absolute atomic E-state index is 12.2. The number of amides is 1. The summed E-state index contributed by atoms with van der Waals surface area (Å²) < 4.78 is 5.06. The van der Waals surface area contributed by atoms with Crippen LogP contribution in [0.1, 0.15) is 22.5 Å². The fraction of sp³-hybridized carbons (Fsp3) is 0.538. The van der Waals surface area contributed by atoms with Crippen LogP contribution in [0.3, 0.4) is 0 Å². The van der Waals surface area contributed by atoms with Crippen LogP contribution in [0.5, 0.6) is 5.75 Å². The molecule has 0 atom stereocenters. The van der Waals surface area contributed by atoms with Crippen LogP contribution >= 0.6 is 11.3 Å². The number of methoxy groups -OCH3 is 1. The smallest absolute Gasteiger partial charge is 0.262 e. The molecule has 2 rings (SSSR count). The topological polar surface area (TPSA) is 65.4 Å². The molecule has 1 saturated heterocycles. The number of carbonyl (C=O) groups excluding carboxylic acids is 1. The number of nitrogens with one attached hydrogen (secondary N) is 1. The predicted octanol–water partition coefficient (Wildman–Crippen LogP) is 1.47. The lowest BCUT2D eigenvalue weighted by atomic mass is 9.89. The minimum atomic E-state index is -0.735. The minimum Gasteiger partial charge on any atom is -0.496 e. The summed E-state index contributed by atoms with van der Waals surface area (Å²) in [5.41, 5.74) is -0.735. The van der Waals surface area contributed by atoms with Crippen LogP contribution in [0.15, 0.2) is 11.4 Å². The first-order valence-electron chi connectivity index (χ1n) is 6.13. The van der Waals surface area contributed by atoms with Gasteiger partial charge in [0.05, 0.1) is 18.1 Å². The van der Waals surface area contributed by atoms with E-state index in [4.69, 9.17) is 4.74 Å². The average Bonchev–Trinajstić information content (AvgIpc) is 2.91. The summed E-state index contributed by atoms with van der Waals surface area (Å²) in [6, 6.07) is 3.97. The molecule has 0 bridgehead atoms. The Labute approximate surface area is 116 Å². The van der Waals surface area contributed by atoms with Crippen molar-refractivity contribution in [3.63, 3.8) is 0 Å². The van der Waals surface area contributed by atoms with Gasteiger partial charge in [-0.15, -0.1) is 11.3 Å². The summed E-state index contributed by atoms with van der Waals surface area (Å²) >= 11 is 1.32. The van der Waals surface area contributed by atoms with Gasteiger partial charge in [0, 0.05) is 24.5 Å². The second-order valence-electron chi connectivity index (χ2n) is 4.80. The van der Waals surface area contributed by atoms with Gasteiger partial charge in [-0.25, -0.2) is 0 Å². The van der Waals surface area contributed by atoms with Crippen LogP contribution in [-0.2, 0) is 0 Å². The van der Waals surface area contributed by atoms with Crippen molar-refractivity contribution < 1.29 is 9.53 Å². The molecule has 1 amide bonds. The largest absolute Gasteiger partial charge is 0.496 e. The molecule has 0 aliphatic carbocycles. The Morgan fingerprint density at radius 1 is 1.58 bits per heavy atom. The zero-order valence-electron chi connectivity index (χ0n) is 11.1. The number of ether oxygens (including phenoxy) is 1. The van der Waals surface area contributed by atoms with E-state index in [1.165, 1.54) is 11.3 Å². The first-order valence-corrected chi connectivity index (χ1v) is 7.01. The number of hydrogen-bond donors (Lipinski definition) is 1. The molecule has 0 aromatic carbocycles. The maximum Gasteiger partial charge on any atom is 0.262 e. The Balaban J connectivity index is 2.06. The molecule has 2 heterocycles. The van der Waals surface area contributed by atoms with E-state index in [0.29, 0.717) is 23.5 Å². The maximum atomic E-state index is 12.2. The van der Waals surface area contributed by atoms with Crippen LogP contribution < -0.4 is 10.1 Å². The summed E-state index contributed by atoms with van der Waals surface area (Å²) in [6.07, 6.45) is 1.32. The van der Waals surface area contributed by atoms with Crippen LogP contribution in [-0.4, -0.2) is 43.6 Å². The van der Waals surface area contributed by atoms with Gasteiger partial charge in [0.2, 0.25) is 0 Å². The summed E-state index contributed by atoms with van der Waals surface area (Å²) in [6.45, 7) is 1.64. The van der Waals surface area contributed by atoms with Gasteiger partial charge in [-0.2, -0.15) is 5.26 Å². The molecule has 0 radical (unpaired) electrons. The van der Waals surface area contributed by atoms with Crippen LogP contribution in [0.2, 0.25) is 0 Å². The zero-order valence-corrected chi connectivity index (χ0v) is 11.9. The van der Waals surface area contributed by atoms with Crippen molar-refractivity contribution in [3.05, 3.63) is 16.3 Å². The summed E-state index contributed by atoms with van der Waals surface area (Å²) in [5, 5.41) is 14.0. The van der Waals surface area contributed by atoms with Gasteiger partial charge < -0.3 is 15.0 Å². The van der Waals surface area contributed by atoms with E-state index in [-0.39, 0.29) is 5.91 Å². The van der Waals surface area contributed by atoms with Crippen molar-refractivity contribution in [2.24, 2.45) is 0 Å². The van der Waals surface area contributed by atoms with E-state index in [2.05, 4.69) is 16.3 Å². The number of likely N-dealkylation sites (tertiary alicyclic amines) is 1. The third kappa shape index (κ3) is 3.06. The van der Waals surface area contributed by atoms with E-state index >= 15 is 0 Å². The molecule has 6 heteroatoms. The fourth-order valence-electron chi connectivity index (χ4n) is 2.09. The third-order valence-electron chi connectivity index (χ3n) is 3.44. The lowest BCUT2D eigenvalue weighted by Gasteiger charge is -2.35. The molecule has 1 N–H and O–H groups in total. The van der Waals surface area contributed by atoms with Gasteiger partial charge in [-0.3, -0.25) is 4.79 Å². The molecule has 19 heavy (non-hydrogen) atoms. The van der Waals surface area contributed by atoms with E-state index in [0.717, 1.165) is 13.1 Å². The molecular formula is C13H17N3O2S. The molecular weight excluding hydrogens is 262 g/mol. The highest BCUT2D eigenvalue weighted by Crippen LogP contribution is 2.24. The van der Waals surface area contributed by atoms with Crippen molar-refractivity contribution in [2.75, 3.05) is 27.2 Å². The second-order valence-corrected chi connectivity index (χ2v) is 5.71. The van der Waals surface area contributed by atoms with Crippen molar-refractivity contribution in [1.29, 1.82) is 5.26 Å². The second kappa shape index (κ2) is 5.59. The molecule has 102 valence electrons. The van der Waals surface area contributed by atoms with Crippen molar-refractivity contribution in [2.45, 2.75) is 18.4 Å². The monoisotopic (exact) mass is 279 g/mol. The van der Waals surface area contributed by atoms with Gasteiger partial charge in [0.1, 0.15) is 11.3 Å². The first-order chi connectivity index (χ1) is 9.08. The molecule has 0 saturated carbocycles. The van der Waals surface area contributed by atoms with Gasteiger partial charge in [-0.1, -0.05) is 0 Å². The lowest BCUT2D eigenvalue weighted by molar-refractivity contribution is 0.0886. The Bertz CT molecular complexity index is 498. The van der Waals surface area contributed by atoms with Crippen molar-refractivity contribution >= 4 is 17.2 Å². The summed E-state index contributed by atoms with van der Waals surface area (Å²) in [7, 11) is 3.59. The van der Waals surface area contributed by atoms with E-state index in [1.54, 1.807) is 18.6 Å². The fourth-order valence-corrected chi connectivity index (χ4v) is 2.84. The van der Waals surface area contributed by atoms with Crippen molar-refractivity contribution in [3.8, 4) is 11.8 Å². The normalized spacial score (nSPS) is 18.6. The van der Waals surface area contributed by atoms with Crippen LogP contribution in [0.4, 0.5) is 0 Å². The van der Waals surface area contributed by atoms with E-state index < -0.39 is 5.54 Å². The highest BCUT2D eigenvalue weighted by atomic mass is 32.1. The highest BCUT2D eigenvalue weighted by Gasteiger charge is 2.35. The zero-order chi connectivity index (χ0) is 13.9. The summed E-state index contributed by atoms with van der Waals surface area (Å²) in [5.74, 6) is 0.476. The number of hydrogen-bond acceptors (Lipinski definition) is 5. The van der Waals surface area contributed by atoms with Gasteiger partial charge in [-0.05, 0) is 19.9 Å². The number of thiophene rings is 1. The van der Waals surface area contributed by atoms with E-state index in [1.807, 2.05) is 7.05 Å². The lowest BCUT2D eigenvalue weighted by Crippen LogP contribution is -2.53. The number of carbonyl (C=O) groups is 1. The molecule has 1 aliphatic heterocycles.